The maximum atomic E-state index is 12.6. The van der Waals surface area contributed by atoms with Crippen LogP contribution in [0.4, 0.5) is 4.79 Å². The SMILES string of the molecule is C[C@@H]1CC[C@@]2(OC1)O[C@H]1C[C@H]3[C@@H]4CC=C5C[C@@H](OC(=O)NCc6ccncc6)CC[C@]5(C)[C@H]4CC[C@]3(C)[C@H]1[C@@H]2C. The van der Waals surface area contributed by atoms with Gasteiger partial charge in [-0.05, 0) is 103 Å². The molecule has 0 bridgehead atoms. The average Bonchev–Trinajstić information content (AvgIpc) is 3.40. The minimum Gasteiger partial charge on any atom is -0.446 e. The molecular formula is C34H48N2O4. The van der Waals surface area contributed by atoms with Crippen molar-refractivity contribution in [2.45, 2.75) is 110 Å². The van der Waals surface area contributed by atoms with Crippen molar-refractivity contribution >= 4 is 6.09 Å². The zero-order chi connectivity index (χ0) is 27.7. The topological polar surface area (TPSA) is 69.7 Å². The summed E-state index contributed by atoms with van der Waals surface area (Å²) in [6, 6.07) is 3.83. The number of carbonyl (C=O) groups excluding carboxylic acids is 1. The number of nitrogens with one attached hydrogen (secondary N) is 1. The fourth-order valence-electron chi connectivity index (χ4n) is 10.6. The molecule has 7 rings (SSSR count). The summed E-state index contributed by atoms with van der Waals surface area (Å²) in [5.41, 5.74) is 3.14. The van der Waals surface area contributed by atoms with Crippen molar-refractivity contribution in [3.05, 3.63) is 41.7 Å². The van der Waals surface area contributed by atoms with E-state index in [0.717, 1.165) is 55.6 Å². The van der Waals surface area contributed by atoms with E-state index in [-0.39, 0.29) is 23.4 Å². The maximum absolute atomic E-state index is 12.6. The van der Waals surface area contributed by atoms with Crippen molar-refractivity contribution in [2.75, 3.05) is 6.61 Å². The van der Waals surface area contributed by atoms with E-state index in [0.29, 0.717) is 35.8 Å². The molecule has 1 aromatic heterocycles. The van der Waals surface area contributed by atoms with Gasteiger partial charge >= 0.3 is 6.09 Å². The zero-order valence-corrected chi connectivity index (χ0v) is 24.9. The predicted molar refractivity (Wildman–Crippen MR) is 153 cm³/mol. The van der Waals surface area contributed by atoms with Crippen LogP contribution in [0.5, 0.6) is 0 Å². The molecule has 2 saturated heterocycles. The van der Waals surface area contributed by atoms with E-state index < -0.39 is 0 Å². The van der Waals surface area contributed by atoms with Crippen LogP contribution in [0.1, 0.15) is 91.0 Å². The first-order valence-corrected chi connectivity index (χ1v) is 16.1. The molecule has 1 amide bonds. The second-order valence-electron chi connectivity index (χ2n) is 14.8. The molecule has 5 fully saturated rings. The lowest BCUT2D eigenvalue weighted by molar-refractivity contribution is -0.272. The standard InChI is InChI=1S/C34H48N2O4/c1-21-7-14-34(38-20-21)22(2)30-29(40-34)18-28-26-6-5-24-17-25(39-31(37)36-19-23-10-15-35-16-11-23)8-12-32(24,3)27(26)9-13-33(28,30)4/h5,10-11,15-16,21-22,25-30H,6-9,12-14,17-20H2,1-4H3,(H,36,37)/t21-,22+,25+,26-,27+,28+,29+,30+,32+,33+,34-/m1/s1. The Labute approximate surface area is 240 Å². The van der Waals surface area contributed by atoms with Gasteiger partial charge in [0.1, 0.15) is 6.10 Å². The van der Waals surface area contributed by atoms with Gasteiger partial charge in [0.25, 0.3) is 0 Å². The Morgan fingerprint density at radius 3 is 2.70 bits per heavy atom. The highest BCUT2D eigenvalue weighted by molar-refractivity contribution is 5.67. The van der Waals surface area contributed by atoms with E-state index in [1.54, 1.807) is 18.0 Å². The van der Waals surface area contributed by atoms with Gasteiger partial charge in [0, 0.05) is 37.7 Å². The summed E-state index contributed by atoms with van der Waals surface area (Å²) in [6.07, 6.45) is 16.3. The van der Waals surface area contributed by atoms with Crippen LogP contribution in [0, 0.1) is 46.3 Å². The average molecular weight is 549 g/mol. The van der Waals surface area contributed by atoms with E-state index >= 15 is 0 Å². The number of alkyl carbamates (subject to hydrolysis) is 1. The van der Waals surface area contributed by atoms with Gasteiger partial charge in [-0.2, -0.15) is 0 Å². The number of ether oxygens (including phenoxy) is 3. The molecule has 6 aliphatic rings. The van der Waals surface area contributed by atoms with Crippen molar-refractivity contribution < 1.29 is 19.0 Å². The smallest absolute Gasteiger partial charge is 0.407 e. The third-order valence-electron chi connectivity index (χ3n) is 12.8. The van der Waals surface area contributed by atoms with Crippen LogP contribution in [0.2, 0.25) is 0 Å². The number of carbonyl (C=O) groups is 1. The van der Waals surface area contributed by atoms with Crippen LogP contribution in [0.3, 0.4) is 0 Å². The second-order valence-corrected chi connectivity index (χ2v) is 14.8. The second kappa shape index (κ2) is 9.83. The summed E-state index contributed by atoms with van der Waals surface area (Å²) in [4.78, 5) is 16.6. The van der Waals surface area contributed by atoms with Gasteiger partial charge in [0.2, 0.25) is 0 Å². The number of hydrogen-bond donors (Lipinski definition) is 1. The lowest BCUT2D eigenvalue weighted by Gasteiger charge is -2.58. The van der Waals surface area contributed by atoms with Gasteiger partial charge in [-0.3, -0.25) is 4.98 Å². The largest absolute Gasteiger partial charge is 0.446 e. The van der Waals surface area contributed by atoms with Gasteiger partial charge in [-0.15, -0.1) is 0 Å². The molecule has 0 aromatic carbocycles. The molecule has 3 heterocycles. The van der Waals surface area contributed by atoms with Crippen molar-refractivity contribution in [3.63, 3.8) is 0 Å². The van der Waals surface area contributed by atoms with Crippen molar-refractivity contribution in [1.29, 1.82) is 0 Å². The third-order valence-corrected chi connectivity index (χ3v) is 12.8. The van der Waals surface area contributed by atoms with Crippen LogP contribution in [-0.2, 0) is 20.8 Å². The molecule has 4 aliphatic carbocycles. The van der Waals surface area contributed by atoms with Gasteiger partial charge in [-0.1, -0.05) is 39.3 Å². The molecule has 1 N–H and O–H groups in total. The van der Waals surface area contributed by atoms with Crippen LogP contribution in [0.15, 0.2) is 36.2 Å². The van der Waals surface area contributed by atoms with Crippen LogP contribution in [0.25, 0.3) is 0 Å². The highest BCUT2D eigenvalue weighted by Crippen LogP contribution is 2.70. The Hall–Kier alpha value is -1.92. The van der Waals surface area contributed by atoms with E-state index in [9.17, 15) is 4.79 Å². The summed E-state index contributed by atoms with van der Waals surface area (Å²) >= 11 is 0. The maximum Gasteiger partial charge on any atom is 0.407 e. The number of allylic oxidation sites excluding steroid dienone is 1. The number of hydrogen-bond acceptors (Lipinski definition) is 5. The molecular weight excluding hydrogens is 500 g/mol. The monoisotopic (exact) mass is 548 g/mol. The Kier molecular flexibility index (Phi) is 6.62. The van der Waals surface area contributed by atoms with Crippen molar-refractivity contribution in [3.8, 4) is 0 Å². The lowest BCUT2D eigenvalue weighted by atomic mass is 9.47. The molecule has 3 saturated carbocycles. The number of fused-ring (bicyclic) bond motifs is 7. The minimum absolute atomic E-state index is 0.0309. The first-order valence-electron chi connectivity index (χ1n) is 16.1. The normalized spacial score (nSPS) is 47.5. The number of rotatable bonds is 3. The summed E-state index contributed by atoms with van der Waals surface area (Å²) in [6.45, 7) is 11.2. The van der Waals surface area contributed by atoms with Crippen LogP contribution >= 0.6 is 0 Å². The van der Waals surface area contributed by atoms with Crippen LogP contribution < -0.4 is 5.32 Å². The van der Waals surface area contributed by atoms with Gasteiger partial charge in [0.15, 0.2) is 5.79 Å². The van der Waals surface area contributed by atoms with E-state index in [1.165, 1.54) is 32.1 Å². The highest BCUT2D eigenvalue weighted by Gasteiger charge is 2.68. The predicted octanol–water partition coefficient (Wildman–Crippen LogP) is 7.04. The Morgan fingerprint density at radius 1 is 1.10 bits per heavy atom. The molecule has 11 atom stereocenters. The molecule has 1 aromatic rings. The molecule has 6 heteroatoms. The van der Waals surface area contributed by atoms with Crippen molar-refractivity contribution in [1.82, 2.24) is 10.3 Å². The molecule has 6 nitrogen and oxygen atoms in total. The van der Waals surface area contributed by atoms with E-state index in [2.05, 4.69) is 44.1 Å². The molecule has 1 spiro atoms. The van der Waals surface area contributed by atoms with Crippen molar-refractivity contribution in [2.24, 2.45) is 46.3 Å². The first-order chi connectivity index (χ1) is 19.2. The Bertz CT molecular complexity index is 1150. The molecule has 0 unspecified atom stereocenters. The highest BCUT2D eigenvalue weighted by atomic mass is 16.7. The van der Waals surface area contributed by atoms with Gasteiger partial charge in [-0.25, -0.2) is 4.79 Å². The van der Waals surface area contributed by atoms with Crippen LogP contribution in [-0.4, -0.2) is 35.7 Å². The molecule has 2 aliphatic heterocycles. The molecule has 0 radical (unpaired) electrons. The Morgan fingerprint density at radius 2 is 1.93 bits per heavy atom. The summed E-state index contributed by atoms with van der Waals surface area (Å²) in [5.74, 6) is 3.58. The summed E-state index contributed by atoms with van der Waals surface area (Å²) in [7, 11) is 0. The van der Waals surface area contributed by atoms with E-state index in [4.69, 9.17) is 14.2 Å². The molecule has 218 valence electrons. The summed E-state index contributed by atoms with van der Waals surface area (Å²) < 4.78 is 19.4. The Balaban J connectivity index is 1.02. The number of pyridine rings is 1. The third kappa shape index (κ3) is 4.18. The fraction of sp³-hybridized carbons (Fsp3) is 0.765. The number of aromatic nitrogens is 1. The zero-order valence-electron chi connectivity index (χ0n) is 24.9. The fourth-order valence-corrected chi connectivity index (χ4v) is 10.6. The molecule has 40 heavy (non-hydrogen) atoms. The quantitative estimate of drug-likeness (QED) is 0.410. The minimum atomic E-state index is -0.332. The number of amides is 1. The lowest BCUT2D eigenvalue weighted by Crippen LogP contribution is -2.52. The summed E-state index contributed by atoms with van der Waals surface area (Å²) in [5, 5.41) is 2.92. The van der Waals surface area contributed by atoms with Gasteiger partial charge in [0.05, 0.1) is 12.7 Å². The first kappa shape index (κ1) is 26.9. The van der Waals surface area contributed by atoms with E-state index in [1.807, 2.05) is 12.1 Å². The van der Waals surface area contributed by atoms with Gasteiger partial charge < -0.3 is 19.5 Å². The number of nitrogens with zero attached hydrogens (tertiary/aromatic N) is 1.